The van der Waals surface area contributed by atoms with Gasteiger partial charge in [0.15, 0.2) is 0 Å². The van der Waals surface area contributed by atoms with E-state index in [1.54, 1.807) is 0 Å². The van der Waals surface area contributed by atoms with Gasteiger partial charge in [0.2, 0.25) is 0 Å². The molecule has 136 valence electrons. The van der Waals surface area contributed by atoms with Gasteiger partial charge in [-0.25, -0.2) is 0 Å². The molecule has 28 heavy (non-hydrogen) atoms. The topological polar surface area (TPSA) is 0 Å². The first-order valence-electron chi connectivity index (χ1n) is 8.90. The van der Waals surface area contributed by atoms with Gasteiger partial charge >= 0.3 is 185 Å². The van der Waals surface area contributed by atoms with Crippen molar-refractivity contribution in [2.45, 2.75) is 0 Å². The predicted octanol–water partition coefficient (Wildman–Crippen LogP) is 4.41. The van der Waals surface area contributed by atoms with Crippen molar-refractivity contribution in [2.75, 3.05) is 0 Å². The molecule has 0 aliphatic carbocycles. The number of hydrogen-bond acceptors (Lipinski definition) is 0. The Labute approximate surface area is 184 Å². The maximum atomic E-state index is 3.27. The van der Waals surface area contributed by atoms with Gasteiger partial charge in [0.1, 0.15) is 0 Å². The third-order valence-electron chi connectivity index (χ3n) is 3.96. The van der Waals surface area contributed by atoms with Crippen molar-refractivity contribution in [3.05, 3.63) is 121 Å². The van der Waals surface area contributed by atoms with Crippen molar-refractivity contribution in [3.8, 4) is 0 Å². The normalized spacial score (nSPS) is 9.71. The Morgan fingerprint density at radius 1 is 0.321 bits per heavy atom. The molecule has 0 radical (unpaired) electrons. The summed E-state index contributed by atoms with van der Waals surface area (Å²) < 4.78 is 0. The van der Waals surface area contributed by atoms with Crippen LogP contribution < -0.4 is 21.2 Å². The van der Waals surface area contributed by atoms with Crippen molar-refractivity contribution in [1.82, 2.24) is 0 Å². The summed E-state index contributed by atoms with van der Waals surface area (Å²) in [5.74, 6) is 0. The van der Waals surface area contributed by atoms with Crippen molar-refractivity contribution >= 4 is 63.7 Å². The van der Waals surface area contributed by atoms with Gasteiger partial charge in [-0.15, -0.1) is 0 Å². The monoisotopic (exact) mass is 530 g/mol. The Morgan fingerprint density at radius 3 is 0.679 bits per heavy atom. The minimum absolute atomic E-state index is 0.296. The fourth-order valence-corrected chi connectivity index (χ4v) is 7.98. The van der Waals surface area contributed by atoms with Crippen LogP contribution in [0.3, 0.4) is 0 Å². The van der Waals surface area contributed by atoms with Crippen LogP contribution in [0.2, 0.25) is 0 Å². The molecule has 0 spiro atoms. The number of hydrogen-bond donors (Lipinski definition) is 0. The molecule has 0 fully saturated rings. The molecule has 0 atom stereocenters. The molecule has 4 heteroatoms. The Hall–Kier alpha value is -1.48. The summed E-state index contributed by atoms with van der Waals surface area (Å²) in [5, 5.41) is 5.53. The summed E-state index contributed by atoms with van der Waals surface area (Å²) in [6.07, 6.45) is -0.592. The molecule has 0 amide bonds. The van der Waals surface area contributed by atoms with E-state index < -0.39 is 0 Å². The Balaban J connectivity index is 0.000000161. The average molecular weight is 528 g/mol. The molecule has 0 heterocycles. The first kappa shape index (κ1) is 21.2. The second-order valence-electron chi connectivity index (χ2n) is 5.93. The van der Waals surface area contributed by atoms with Crippen LogP contribution in [0.25, 0.3) is 0 Å². The van der Waals surface area contributed by atoms with E-state index in [0.29, 0.717) is 0 Å². The first-order chi connectivity index (χ1) is 13.8. The molecule has 0 nitrogen and oxygen atoms in total. The Morgan fingerprint density at radius 2 is 0.500 bits per heavy atom. The fraction of sp³-hybridized carbons (Fsp3) is 0. The molecule has 4 rings (SSSR count). The second-order valence-corrected chi connectivity index (χ2v) is 13.8. The molecule has 0 aliphatic heterocycles. The third-order valence-corrected chi connectivity index (χ3v) is 12.3. The van der Waals surface area contributed by atoms with Gasteiger partial charge in [0.05, 0.1) is 0 Å². The summed E-state index contributed by atoms with van der Waals surface area (Å²) in [7, 11) is 0. The van der Waals surface area contributed by atoms with Crippen LogP contribution in [0.5, 0.6) is 0 Å². The number of benzene rings is 4. The van der Waals surface area contributed by atoms with Crippen molar-refractivity contribution in [2.24, 2.45) is 0 Å². The van der Waals surface area contributed by atoms with Crippen LogP contribution in [0.4, 0.5) is 0 Å². The van der Waals surface area contributed by atoms with Crippen LogP contribution in [-0.4, -0.2) is 30.2 Å². The van der Waals surface area contributed by atoms with Crippen LogP contribution in [0, 0.1) is 0 Å². The van der Waals surface area contributed by atoms with Gasteiger partial charge in [0, 0.05) is 0 Å². The van der Waals surface area contributed by atoms with E-state index in [2.05, 4.69) is 152 Å². The average Bonchev–Trinajstić information content (AvgIpc) is 2.81. The zero-order chi connectivity index (χ0) is 19.6. The van der Waals surface area contributed by atoms with E-state index in [1.165, 1.54) is 21.2 Å². The fourth-order valence-electron chi connectivity index (χ4n) is 2.55. The SMILES string of the molecule is [Se]=[P+](c1ccccc1)c1ccccc1.[Se]=[P+](c1ccccc1)c1ccccc1. The van der Waals surface area contributed by atoms with E-state index in [-0.39, 0.29) is 12.3 Å². The molecule has 0 bridgehead atoms. The Bertz CT molecular complexity index is 849. The van der Waals surface area contributed by atoms with E-state index in [4.69, 9.17) is 0 Å². The van der Waals surface area contributed by atoms with Gasteiger partial charge < -0.3 is 0 Å². The molecule has 0 N–H and O–H groups in total. The third kappa shape index (κ3) is 6.27. The van der Waals surface area contributed by atoms with E-state index in [0.717, 1.165) is 0 Å². The van der Waals surface area contributed by atoms with E-state index >= 15 is 0 Å². The summed E-state index contributed by atoms with van der Waals surface area (Å²) in [6.45, 7) is 0. The van der Waals surface area contributed by atoms with E-state index in [1.807, 2.05) is 0 Å². The van der Waals surface area contributed by atoms with Crippen LogP contribution in [0.15, 0.2) is 121 Å². The molecule has 0 saturated heterocycles. The quantitative estimate of drug-likeness (QED) is 0.272. The van der Waals surface area contributed by atoms with Crippen LogP contribution in [0.1, 0.15) is 0 Å². The summed E-state index contributed by atoms with van der Waals surface area (Å²) in [5.41, 5.74) is 0. The molecular formula is C24H20P2Se2+2. The van der Waals surface area contributed by atoms with Gasteiger partial charge in [-0.1, -0.05) is 0 Å². The molecule has 0 aliphatic rings. The van der Waals surface area contributed by atoms with Gasteiger partial charge in [-0.3, -0.25) is 0 Å². The molecule has 0 aromatic heterocycles. The molecular weight excluding hydrogens is 508 g/mol. The standard InChI is InChI=1S/2C12H10PSe/c2*14-13(11-7-3-1-4-8-11)12-9-5-2-6-10-12/h2*1-10H/q2*+1. The van der Waals surface area contributed by atoms with Crippen molar-refractivity contribution < 1.29 is 0 Å². The molecule has 4 aromatic rings. The second kappa shape index (κ2) is 11.5. The summed E-state index contributed by atoms with van der Waals surface area (Å²) >= 11 is 6.55. The molecule has 4 aromatic carbocycles. The van der Waals surface area contributed by atoms with Crippen LogP contribution >= 0.6 is 12.3 Å². The van der Waals surface area contributed by atoms with Crippen molar-refractivity contribution in [1.29, 1.82) is 0 Å². The van der Waals surface area contributed by atoms with Crippen molar-refractivity contribution in [3.63, 3.8) is 0 Å². The van der Waals surface area contributed by atoms with E-state index in [9.17, 15) is 0 Å². The van der Waals surface area contributed by atoms with Gasteiger partial charge in [-0.2, -0.15) is 0 Å². The summed E-state index contributed by atoms with van der Waals surface area (Å²) in [4.78, 5) is 0. The Kier molecular flexibility index (Phi) is 8.72. The van der Waals surface area contributed by atoms with Gasteiger partial charge in [0.25, 0.3) is 0 Å². The van der Waals surface area contributed by atoms with Gasteiger partial charge in [-0.05, 0) is 0 Å². The first-order valence-corrected chi connectivity index (χ1v) is 16.0. The molecule has 0 saturated carbocycles. The molecule has 0 unspecified atom stereocenters. The summed E-state index contributed by atoms with van der Waals surface area (Å²) in [6, 6.07) is 42.3. The zero-order valence-electron chi connectivity index (χ0n) is 15.3. The van der Waals surface area contributed by atoms with Crippen LogP contribution in [-0.2, 0) is 0 Å². The maximum absolute atomic E-state index is 3.27. The number of rotatable bonds is 4. The minimum atomic E-state index is -0.296. The predicted molar refractivity (Wildman–Crippen MR) is 130 cm³/mol. The zero-order valence-corrected chi connectivity index (χ0v) is 20.5.